The summed E-state index contributed by atoms with van der Waals surface area (Å²) in [5.74, 6) is 0.869. The fourth-order valence-electron chi connectivity index (χ4n) is 4.38. The van der Waals surface area contributed by atoms with E-state index in [1.165, 1.54) is 0 Å². The zero-order valence-corrected chi connectivity index (χ0v) is 21.6. The quantitative estimate of drug-likeness (QED) is 0.350. The van der Waals surface area contributed by atoms with Gasteiger partial charge in [0.25, 0.3) is 0 Å². The highest BCUT2D eigenvalue weighted by Crippen LogP contribution is 2.23. The van der Waals surface area contributed by atoms with Crippen molar-refractivity contribution in [1.29, 1.82) is 0 Å². The lowest BCUT2D eigenvalue weighted by Gasteiger charge is -2.38. The smallest absolute Gasteiger partial charge is 0.368 e. The number of hydrogen-bond donors (Lipinski definition) is 3. The number of hydrogen-bond acceptors (Lipinski definition) is 6. The molecular formula is C24H29ClF3N7OS. The Morgan fingerprint density at radius 2 is 1.89 bits per heavy atom. The molecule has 2 aromatic carbocycles. The van der Waals surface area contributed by atoms with Gasteiger partial charge in [0.2, 0.25) is 11.9 Å². The Balaban J connectivity index is 1.45. The summed E-state index contributed by atoms with van der Waals surface area (Å²) in [6.07, 6.45) is -1.85. The minimum atomic E-state index is -4.43. The van der Waals surface area contributed by atoms with Gasteiger partial charge in [0.05, 0.1) is 4.90 Å². The number of halogens is 4. The number of aromatic amines is 1. The van der Waals surface area contributed by atoms with Gasteiger partial charge in [-0.2, -0.15) is 18.2 Å². The Labute approximate surface area is 221 Å². The average Bonchev–Trinajstić information content (AvgIpc) is 3.32. The fourth-order valence-corrected chi connectivity index (χ4v) is 5.42. The maximum Gasteiger partial charge on any atom is 0.402 e. The number of piperidine rings is 1. The molecule has 1 saturated heterocycles. The third-order valence-electron chi connectivity index (χ3n) is 6.26. The average molecular weight is 556 g/mol. The first-order valence-electron chi connectivity index (χ1n) is 11.9. The molecule has 2 heterocycles. The molecule has 8 nitrogen and oxygen atoms in total. The summed E-state index contributed by atoms with van der Waals surface area (Å²) in [5, 5.41) is 7.51. The van der Waals surface area contributed by atoms with E-state index in [0.29, 0.717) is 22.4 Å². The minimum Gasteiger partial charge on any atom is -0.368 e. The normalized spacial score (nSPS) is 15.9. The molecule has 1 unspecified atom stereocenters. The number of nitrogen functional groups attached to an aromatic ring is 1. The first-order valence-corrected chi connectivity index (χ1v) is 13.4. The predicted octanol–water partition coefficient (Wildman–Crippen LogP) is 3.93. The van der Waals surface area contributed by atoms with Gasteiger partial charge < -0.3 is 10.6 Å². The van der Waals surface area contributed by atoms with Crippen molar-refractivity contribution in [2.75, 3.05) is 36.8 Å². The molecule has 1 aliphatic heterocycles. The van der Waals surface area contributed by atoms with Crippen LogP contribution in [0.1, 0.15) is 24.0 Å². The Morgan fingerprint density at radius 1 is 1.16 bits per heavy atom. The van der Waals surface area contributed by atoms with Crippen LogP contribution in [0.2, 0.25) is 5.02 Å². The molecule has 0 saturated carbocycles. The lowest BCUT2D eigenvalue weighted by atomic mass is 10.0. The molecule has 1 aliphatic rings. The topological polar surface area (TPSA) is 103 Å². The minimum absolute atomic E-state index is 0.275. The van der Waals surface area contributed by atoms with E-state index in [9.17, 15) is 17.4 Å². The first kappa shape index (κ1) is 27.4. The second kappa shape index (κ2) is 12.2. The highest BCUT2D eigenvalue weighted by molar-refractivity contribution is 7.83. The summed E-state index contributed by atoms with van der Waals surface area (Å²) < 4.78 is 52.1. The van der Waals surface area contributed by atoms with Crippen LogP contribution < -0.4 is 15.4 Å². The number of anilines is 2. The van der Waals surface area contributed by atoms with Gasteiger partial charge in [0.1, 0.15) is 17.5 Å². The SMILES string of the molecule is Nc1nc(N2CCC(N(CCc3ccc(Cl)cc3)Cc3cccc(S(=O)NCC(F)(F)F)c3)CC2)n[nH]1. The van der Waals surface area contributed by atoms with Gasteiger partial charge in [0, 0.05) is 37.2 Å². The standard InChI is InChI=1S/C24H29ClF3N7OS/c25-19-6-4-17(5-7-19)8-11-35(20-9-12-34(13-10-20)23-31-22(29)32-33-23)15-18-2-1-3-21(14-18)37(36)30-16-24(26,27)28/h1-7,14,20,30H,8-13,15-16H2,(H3,29,31,32,33). The van der Waals surface area contributed by atoms with E-state index in [1.54, 1.807) is 18.2 Å². The van der Waals surface area contributed by atoms with E-state index >= 15 is 0 Å². The molecule has 3 aromatic rings. The Morgan fingerprint density at radius 3 is 2.54 bits per heavy atom. The molecule has 13 heteroatoms. The zero-order chi connectivity index (χ0) is 26.4. The molecule has 37 heavy (non-hydrogen) atoms. The lowest BCUT2D eigenvalue weighted by Crippen LogP contribution is -2.45. The maximum atomic E-state index is 12.5. The summed E-state index contributed by atoms with van der Waals surface area (Å²) in [4.78, 5) is 9.01. The number of nitrogens with zero attached hydrogens (tertiary/aromatic N) is 4. The molecule has 1 fully saturated rings. The van der Waals surface area contributed by atoms with Crippen LogP contribution in [-0.4, -0.2) is 62.7 Å². The number of rotatable bonds is 10. The van der Waals surface area contributed by atoms with E-state index in [4.69, 9.17) is 17.3 Å². The molecule has 4 rings (SSSR count). The number of nitrogens with one attached hydrogen (secondary N) is 2. The fraction of sp³-hybridized carbons (Fsp3) is 0.417. The molecule has 0 aliphatic carbocycles. The van der Waals surface area contributed by atoms with E-state index in [0.717, 1.165) is 50.0 Å². The van der Waals surface area contributed by atoms with Crippen LogP contribution in [0, 0.1) is 0 Å². The van der Waals surface area contributed by atoms with Crippen LogP contribution >= 0.6 is 11.6 Å². The van der Waals surface area contributed by atoms with Crippen LogP contribution in [0.15, 0.2) is 53.4 Å². The molecule has 0 amide bonds. The van der Waals surface area contributed by atoms with Crippen molar-refractivity contribution in [3.05, 3.63) is 64.7 Å². The highest BCUT2D eigenvalue weighted by atomic mass is 35.5. The van der Waals surface area contributed by atoms with Crippen LogP contribution in [0.5, 0.6) is 0 Å². The van der Waals surface area contributed by atoms with Crippen molar-refractivity contribution in [2.24, 2.45) is 0 Å². The monoisotopic (exact) mass is 555 g/mol. The van der Waals surface area contributed by atoms with Gasteiger partial charge in [0.15, 0.2) is 0 Å². The molecule has 1 atom stereocenters. The second-order valence-electron chi connectivity index (χ2n) is 8.94. The first-order chi connectivity index (χ1) is 17.7. The van der Waals surface area contributed by atoms with E-state index in [-0.39, 0.29) is 12.0 Å². The van der Waals surface area contributed by atoms with Crippen molar-refractivity contribution in [3.63, 3.8) is 0 Å². The Hall–Kier alpha value is -2.67. The van der Waals surface area contributed by atoms with Crippen molar-refractivity contribution in [3.8, 4) is 0 Å². The van der Waals surface area contributed by atoms with E-state index < -0.39 is 23.7 Å². The summed E-state index contributed by atoms with van der Waals surface area (Å²) in [7, 11) is -1.95. The molecular weight excluding hydrogens is 527 g/mol. The predicted molar refractivity (Wildman–Crippen MR) is 139 cm³/mol. The Bertz CT molecular complexity index is 1180. The Kier molecular flexibility index (Phi) is 9.06. The third-order valence-corrected chi connectivity index (χ3v) is 7.60. The molecule has 4 N–H and O–H groups in total. The van der Waals surface area contributed by atoms with Crippen LogP contribution in [-0.2, 0) is 24.0 Å². The zero-order valence-electron chi connectivity index (χ0n) is 20.0. The van der Waals surface area contributed by atoms with Crippen LogP contribution in [0.25, 0.3) is 0 Å². The van der Waals surface area contributed by atoms with Crippen molar-refractivity contribution >= 4 is 34.5 Å². The molecule has 0 spiro atoms. The highest BCUT2D eigenvalue weighted by Gasteiger charge is 2.28. The van der Waals surface area contributed by atoms with E-state index in [2.05, 4.69) is 29.7 Å². The number of benzene rings is 2. The van der Waals surface area contributed by atoms with Crippen LogP contribution in [0.4, 0.5) is 25.1 Å². The summed E-state index contributed by atoms with van der Waals surface area (Å²) in [6, 6.07) is 14.9. The number of H-pyrrole nitrogens is 1. The molecule has 0 bridgehead atoms. The third kappa shape index (κ3) is 8.16. The van der Waals surface area contributed by atoms with Crippen molar-refractivity contribution in [1.82, 2.24) is 24.8 Å². The molecule has 1 aromatic heterocycles. The van der Waals surface area contributed by atoms with Gasteiger partial charge in [-0.3, -0.25) is 4.90 Å². The van der Waals surface area contributed by atoms with Crippen molar-refractivity contribution < 1.29 is 17.4 Å². The van der Waals surface area contributed by atoms with Crippen molar-refractivity contribution in [2.45, 2.75) is 42.9 Å². The second-order valence-corrected chi connectivity index (χ2v) is 10.7. The van der Waals surface area contributed by atoms with Gasteiger partial charge in [-0.1, -0.05) is 35.9 Å². The van der Waals surface area contributed by atoms with E-state index in [1.807, 2.05) is 30.3 Å². The summed E-state index contributed by atoms with van der Waals surface area (Å²) in [6.45, 7) is 1.58. The lowest BCUT2D eigenvalue weighted by molar-refractivity contribution is -0.121. The van der Waals surface area contributed by atoms with Gasteiger partial charge in [-0.15, -0.1) is 5.10 Å². The van der Waals surface area contributed by atoms with Gasteiger partial charge in [-0.25, -0.2) is 14.0 Å². The number of aromatic nitrogens is 3. The molecule has 200 valence electrons. The molecule has 0 radical (unpaired) electrons. The van der Waals surface area contributed by atoms with Gasteiger partial charge in [-0.05, 0) is 54.7 Å². The largest absolute Gasteiger partial charge is 0.402 e. The van der Waals surface area contributed by atoms with Crippen LogP contribution in [0.3, 0.4) is 0 Å². The van der Waals surface area contributed by atoms with Gasteiger partial charge >= 0.3 is 6.18 Å². The number of nitrogens with two attached hydrogens (primary N) is 1. The summed E-state index contributed by atoms with van der Waals surface area (Å²) >= 11 is 6.03. The summed E-state index contributed by atoms with van der Waals surface area (Å²) in [5.41, 5.74) is 7.72. The number of alkyl halides is 3. The maximum absolute atomic E-state index is 12.5.